The molecule has 1 aromatic carbocycles. The van der Waals surface area contributed by atoms with Crippen molar-refractivity contribution in [3.63, 3.8) is 0 Å². The van der Waals surface area contributed by atoms with Crippen LogP contribution in [0.4, 0.5) is 23.7 Å². The van der Waals surface area contributed by atoms with Gasteiger partial charge in [0.15, 0.2) is 17.5 Å². The van der Waals surface area contributed by atoms with E-state index in [1.807, 2.05) is 0 Å². The van der Waals surface area contributed by atoms with Crippen LogP contribution in [0.15, 0.2) is 12.1 Å². The maximum Gasteiger partial charge on any atom is 0.329 e. The first-order valence-electron chi connectivity index (χ1n) is 12.1. The van der Waals surface area contributed by atoms with E-state index in [-0.39, 0.29) is 12.3 Å². The summed E-state index contributed by atoms with van der Waals surface area (Å²) < 4.78 is 45.8. The number of anilines is 1. The number of methoxy groups -OCH3 is 1. The fraction of sp³-hybridized carbons (Fsp3) is 0.625. The Morgan fingerprint density at radius 3 is 2.54 bits per heavy atom. The molecule has 3 aliphatic heterocycles. The molecule has 3 aliphatic rings. The van der Waals surface area contributed by atoms with Crippen LogP contribution in [0.25, 0.3) is 0 Å². The summed E-state index contributed by atoms with van der Waals surface area (Å²) in [5.74, 6) is -5.55. The summed E-state index contributed by atoms with van der Waals surface area (Å²) in [7, 11) is 1.55. The summed E-state index contributed by atoms with van der Waals surface area (Å²) in [5, 5.41) is 2.41. The highest BCUT2D eigenvalue weighted by Gasteiger charge is 2.42. The average molecular weight is 497 g/mol. The van der Waals surface area contributed by atoms with Crippen LogP contribution in [-0.2, 0) is 14.3 Å². The monoisotopic (exact) mass is 496 g/mol. The highest BCUT2D eigenvalue weighted by atomic mass is 19.2. The van der Waals surface area contributed by atoms with Crippen LogP contribution >= 0.6 is 0 Å². The van der Waals surface area contributed by atoms with Crippen molar-refractivity contribution < 1.29 is 32.3 Å². The summed E-state index contributed by atoms with van der Waals surface area (Å²) in [5.41, 5.74) is -0.435. The first kappa shape index (κ1) is 25.4. The van der Waals surface area contributed by atoms with Crippen molar-refractivity contribution in [1.29, 1.82) is 0 Å². The number of hydrogen-bond acceptors (Lipinski definition) is 5. The molecule has 1 N–H and O–H groups in total. The van der Waals surface area contributed by atoms with E-state index < -0.39 is 41.1 Å². The minimum atomic E-state index is -1.69. The number of piperidine rings is 2. The Labute approximate surface area is 202 Å². The van der Waals surface area contributed by atoms with Crippen molar-refractivity contribution in [3.8, 4) is 0 Å². The molecule has 11 heteroatoms. The highest BCUT2D eigenvalue weighted by molar-refractivity contribution is 6.22. The van der Waals surface area contributed by atoms with Gasteiger partial charge < -0.3 is 19.9 Å². The van der Waals surface area contributed by atoms with Crippen LogP contribution in [-0.4, -0.2) is 79.6 Å². The topological polar surface area (TPSA) is 82.2 Å². The fourth-order valence-electron chi connectivity index (χ4n) is 5.48. The summed E-state index contributed by atoms with van der Waals surface area (Å²) in [6, 6.07) is -0.531. The van der Waals surface area contributed by atoms with Crippen LogP contribution in [0.5, 0.6) is 0 Å². The number of rotatable bonds is 8. The quantitative estimate of drug-likeness (QED) is 0.442. The van der Waals surface area contributed by atoms with Gasteiger partial charge in [0.2, 0.25) is 5.91 Å². The van der Waals surface area contributed by atoms with E-state index in [1.54, 1.807) is 12.0 Å². The van der Waals surface area contributed by atoms with Crippen molar-refractivity contribution >= 4 is 23.5 Å². The van der Waals surface area contributed by atoms with E-state index >= 15 is 0 Å². The lowest BCUT2D eigenvalue weighted by atomic mass is 9.83. The maximum atomic E-state index is 13.7. The third kappa shape index (κ3) is 5.45. The lowest BCUT2D eigenvalue weighted by Crippen LogP contribution is -2.52. The SMILES string of the molecule is COCCN(C[C@@H]1CCCN2CCCC[C@H]12)C(=O)C[C@@H]1NC(=O)N(c2cc(F)c(F)c(F)c2)C1=O. The molecule has 0 aromatic heterocycles. The molecule has 0 radical (unpaired) electrons. The van der Waals surface area contributed by atoms with Crippen molar-refractivity contribution in [2.24, 2.45) is 5.92 Å². The van der Waals surface area contributed by atoms with E-state index in [4.69, 9.17) is 4.74 Å². The van der Waals surface area contributed by atoms with Gasteiger partial charge in [-0.25, -0.2) is 22.9 Å². The Morgan fingerprint density at radius 1 is 1.11 bits per heavy atom. The van der Waals surface area contributed by atoms with Gasteiger partial charge in [-0.1, -0.05) is 6.42 Å². The third-order valence-electron chi connectivity index (χ3n) is 7.23. The molecule has 0 unspecified atom stereocenters. The lowest BCUT2D eigenvalue weighted by Gasteiger charge is -2.45. The Morgan fingerprint density at radius 2 is 1.83 bits per heavy atom. The zero-order valence-electron chi connectivity index (χ0n) is 19.8. The van der Waals surface area contributed by atoms with Gasteiger partial charge in [0, 0.05) is 38.4 Å². The van der Waals surface area contributed by atoms with Crippen molar-refractivity contribution in [2.75, 3.05) is 44.8 Å². The number of ether oxygens (including phenoxy) is 1. The Kier molecular flexibility index (Phi) is 7.95. The molecule has 3 saturated heterocycles. The predicted molar refractivity (Wildman–Crippen MR) is 121 cm³/mol. The van der Waals surface area contributed by atoms with Crippen LogP contribution < -0.4 is 10.2 Å². The summed E-state index contributed by atoms with van der Waals surface area (Å²) in [6.07, 6.45) is 5.27. The van der Waals surface area contributed by atoms with Crippen LogP contribution in [0, 0.1) is 23.4 Å². The van der Waals surface area contributed by atoms with Gasteiger partial charge in [-0.3, -0.25) is 9.59 Å². The van der Waals surface area contributed by atoms with Gasteiger partial charge in [-0.2, -0.15) is 0 Å². The van der Waals surface area contributed by atoms with E-state index in [1.165, 1.54) is 12.8 Å². The molecule has 8 nitrogen and oxygen atoms in total. The summed E-state index contributed by atoms with van der Waals surface area (Å²) in [4.78, 5) is 43.3. The number of halogens is 3. The van der Waals surface area contributed by atoms with Crippen LogP contribution in [0.3, 0.4) is 0 Å². The number of imide groups is 1. The van der Waals surface area contributed by atoms with E-state index in [9.17, 15) is 27.6 Å². The predicted octanol–water partition coefficient (Wildman–Crippen LogP) is 2.66. The van der Waals surface area contributed by atoms with E-state index in [0.717, 1.165) is 32.4 Å². The zero-order chi connectivity index (χ0) is 25.1. The highest BCUT2D eigenvalue weighted by Crippen LogP contribution is 2.32. The number of nitrogens with one attached hydrogen (secondary N) is 1. The van der Waals surface area contributed by atoms with E-state index in [2.05, 4.69) is 10.2 Å². The number of hydrogen-bond donors (Lipinski definition) is 1. The standard InChI is InChI=1S/C24H31F3N4O4/c1-35-10-9-30(14-15-5-4-8-29-7-3-2-6-20(15)29)21(32)13-19-23(33)31(24(34)28-19)16-11-17(25)22(27)18(26)12-16/h11-12,15,19-20H,2-10,13-14H2,1H3,(H,28,34)/t15-,19-,20+/m0/s1. The molecule has 35 heavy (non-hydrogen) atoms. The summed E-state index contributed by atoms with van der Waals surface area (Å²) in [6.45, 7) is 3.38. The number of amides is 4. The zero-order valence-corrected chi connectivity index (χ0v) is 19.8. The number of nitrogens with zero attached hydrogens (tertiary/aromatic N) is 3. The molecule has 0 spiro atoms. The number of fused-ring (bicyclic) bond motifs is 1. The number of benzene rings is 1. The molecule has 4 rings (SSSR count). The second-order valence-corrected chi connectivity index (χ2v) is 9.44. The molecule has 0 bridgehead atoms. The minimum absolute atomic E-state index is 0.294. The van der Waals surface area contributed by atoms with Gasteiger partial charge in [-0.05, 0) is 44.7 Å². The Hall–Kier alpha value is -2.66. The van der Waals surface area contributed by atoms with Gasteiger partial charge in [0.1, 0.15) is 6.04 Å². The Balaban J connectivity index is 1.45. The molecule has 1 aromatic rings. The average Bonchev–Trinajstić information content (AvgIpc) is 3.12. The van der Waals surface area contributed by atoms with Crippen molar-refractivity contribution in [3.05, 3.63) is 29.6 Å². The lowest BCUT2D eigenvalue weighted by molar-refractivity contribution is -0.135. The molecule has 4 amide bonds. The first-order valence-corrected chi connectivity index (χ1v) is 12.1. The molecule has 3 heterocycles. The smallest absolute Gasteiger partial charge is 0.329 e. The number of carbonyl (C=O) groups excluding carboxylic acids is 3. The molecular formula is C24H31F3N4O4. The van der Waals surface area contributed by atoms with Gasteiger partial charge in [0.05, 0.1) is 18.7 Å². The number of carbonyl (C=O) groups is 3. The maximum absolute atomic E-state index is 13.7. The third-order valence-corrected chi connectivity index (χ3v) is 7.23. The Bertz CT molecular complexity index is 953. The summed E-state index contributed by atoms with van der Waals surface area (Å²) >= 11 is 0. The van der Waals surface area contributed by atoms with Gasteiger partial charge >= 0.3 is 6.03 Å². The first-order chi connectivity index (χ1) is 16.8. The van der Waals surface area contributed by atoms with Crippen molar-refractivity contribution in [1.82, 2.24) is 15.1 Å². The minimum Gasteiger partial charge on any atom is -0.383 e. The van der Waals surface area contributed by atoms with Gasteiger partial charge in [0.25, 0.3) is 5.91 Å². The molecular weight excluding hydrogens is 465 g/mol. The second kappa shape index (κ2) is 10.9. The normalized spacial score (nSPS) is 24.9. The largest absolute Gasteiger partial charge is 0.383 e. The molecule has 3 fully saturated rings. The van der Waals surface area contributed by atoms with E-state index in [0.29, 0.717) is 48.7 Å². The van der Waals surface area contributed by atoms with Crippen LogP contribution in [0.1, 0.15) is 38.5 Å². The molecule has 192 valence electrons. The second-order valence-electron chi connectivity index (χ2n) is 9.44. The van der Waals surface area contributed by atoms with Crippen molar-refractivity contribution in [2.45, 2.75) is 50.6 Å². The molecule has 0 aliphatic carbocycles. The van der Waals surface area contributed by atoms with Gasteiger partial charge in [-0.15, -0.1) is 0 Å². The molecule has 3 atom stereocenters. The number of urea groups is 1. The van der Waals surface area contributed by atoms with Crippen LogP contribution in [0.2, 0.25) is 0 Å². The fourth-order valence-corrected chi connectivity index (χ4v) is 5.48. The molecule has 0 saturated carbocycles.